The van der Waals surface area contributed by atoms with E-state index in [2.05, 4.69) is 10.3 Å². The predicted molar refractivity (Wildman–Crippen MR) is 119 cm³/mol. The van der Waals surface area contributed by atoms with E-state index in [0.717, 1.165) is 17.2 Å². The van der Waals surface area contributed by atoms with Gasteiger partial charge < -0.3 is 15.0 Å². The van der Waals surface area contributed by atoms with Crippen molar-refractivity contribution < 1.29 is 22.7 Å². The van der Waals surface area contributed by atoms with Crippen LogP contribution in [0.25, 0.3) is 22.2 Å². The number of alkyl carbamates (subject to hydrolysis) is 1. The molecule has 7 heteroatoms. The second-order valence-corrected chi connectivity index (χ2v) is 8.30. The van der Waals surface area contributed by atoms with Gasteiger partial charge in [0.15, 0.2) is 0 Å². The van der Waals surface area contributed by atoms with E-state index in [1.54, 1.807) is 12.1 Å². The van der Waals surface area contributed by atoms with Gasteiger partial charge in [0.05, 0.1) is 11.2 Å². The number of hydrogen-bond donors (Lipinski definition) is 2. The molecule has 1 fully saturated rings. The summed E-state index contributed by atoms with van der Waals surface area (Å²) >= 11 is 0. The second-order valence-electron chi connectivity index (χ2n) is 8.30. The molecule has 1 aliphatic carbocycles. The molecule has 1 aliphatic rings. The summed E-state index contributed by atoms with van der Waals surface area (Å²) in [6.07, 6.45) is 0.691. The van der Waals surface area contributed by atoms with Crippen LogP contribution in [-0.4, -0.2) is 17.1 Å². The molecular weight excluding hydrogens is 429 g/mol. The molecule has 0 spiro atoms. The Balaban J connectivity index is 1.34. The number of halogens is 3. The minimum Gasteiger partial charge on any atom is -0.445 e. The second kappa shape index (κ2) is 8.65. The van der Waals surface area contributed by atoms with Crippen molar-refractivity contribution in [3.05, 3.63) is 95.3 Å². The van der Waals surface area contributed by atoms with Crippen LogP contribution in [-0.2, 0) is 11.3 Å². The summed E-state index contributed by atoms with van der Waals surface area (Å²) in [5.41, 5.74) is 3.19. The summed E-state index contributed by atoms with van der Waals surface area (Å²) in [4.78, 5) is 15.2. The van der Waals surface area contributed by atoms with Gasteiger partial charge >= 0.3 is 6.09 Å². The number of carbonyl (C=O) groups is 1. The van der Waals surface area contributed by atoms with Gasteiger partial charge in [-0.05, 0) is 65.8 Å². The first-order valence-electron chi connectivity index (χ1n) is 10.7. The summed E-state index contributed by atoms with van der Waals surface area (Å²) in [6.45, 7) is 0.179. The maximum Gasteiger partial charge on any atom is 0.407 e. The monoisotopic (exact) mass is 450 g/mol. The number of aromatic nitrogens is 1. The largest absolute Gasteiger partial charge is 0.445 e. The SMILES string of the molecule is O=C(N[C@H]1C[C@H](c2c(-c3ccc(F)cc3)[nH]c3c(F)cc(F)cc32)C1)OCc1ccccc1. The van der Waals surface area contributed by atoms with Crippen LogP contribution in [0, 0.1) is 17.5 Å². The molecule has 0 bridgehead atoms. The number of hydrogen-bond acceptors (Lipinski definition) is 2. The standard InChI is InChI=1S/C26H21F3N2O2/c27-18-8-6-16(7-9-18)24-23(21-12-19(28)13-22(29)25(21)31-24)17-10-20(11-17)30-26(32)33-14-15-4-2-1-3-5-15/h1-9,12-13,17,20,31H,10-11,14H2,(H,30,32)/t17-,20-. The van der Waals surface area contributed by atoms with Crippen LogP contribution < -0.4 is 5.32 Å². The summed E-state index contributed by atoms with van der Waals surface area (Å²) in [5, 5.41) is 3.31. The Hall–Kier alpha value is -3.74. The van der Waals surface area contributed by atoms with Crippen LogP contribution in [0.4, 0.5) is 18.0 Å². The zero-order chi connectivity index (χ0) is 22.9. The highest BCUT2D eigenvalue weighted by Crippen LogP contribution is 2.45. The number of benzene rings is 3. The highest BCUT2D eigenvalue weighted by molar-refractivity contribution is 5.92. The molecule has 168 valence electrons. The van der Waals surface area contributed by atoms with Gasteiger partial charge in [-0.25, -0.2) is 18.0 Å². The first-order chi connectivity index (χ1) is 16.0. The van der Waals surface area contributed by atoms with E-state index in [-0.39, 0.29) is 29.9 Å². The Morgan fingerprint density at radius 1 is 0.970 bits per heavy atom. The number of aromatic amines is 1. The van der Waals surface area contributed by atoms with Crippen molar-refractivity contribution in [2.45, 2.75) is 31.4 Å². The molecule has 4 aromatic rings. The van der Waals surface area contributed by atoms with Gasteiger partial charge in [-0.3, -0.25) is 0 Å². The molecule has 0 saturated heterocycles. The van der Waals surface area contributed by atoms with E-state index < -0.39 is 17.7 Å². The summed E-state index contributed by atoms with van der Waals surface area (Å²) in [5.74, 6) is -1.75. The van der Waals surface area contributed by atoms with Crippen LogP contribution in [0.2, 0.25) is 0 Å². The van der Waals surface area contributed by atoms with Gasteiger partial charge in [0.25, 0.3) is 0 Å². The van der Waals surface area contributed by atoms with E-state index in [4.69, 9.17) is 4.74 Å². The lowest BCUT2D eigenvalue weighted by Crippen LogP contribution is -2.43. The van der Waals surface area contributed by atoms with E-state index >= 15 is 0 Å². The van der Waals surface area contributed by atoms with Crippen molar-refractivity contribution >= 4 is 17.0 Å². The fourth-order valence-corrected chi connectivity index (χ4v) is 4.41. The smallest absolute Gasteiger partial charge is 0.407 e. The highest BCUT2D eigenvalue weighted by Gasteiger charge is 2.35. The first kappa shape index (κ1) is 21.1. The Morgan fingerprint density at radius 3 is 2.42 bits per heavy atom. The van der Waals surface area contributed by atoms with Crippen molar-refractivity contribution in [1.82, 2.24) is 10.3 Å². The van der Waals surface area contributed by atoms with Crippen molar-refractivity contribution in [2.24, 2.45) is 0 Å². The number of carbonyl (C=O) groups excluding carboxylic acids is 1. The van der Waals surface area contributed by atoms with Crippen LogP contribution in [0.15, 0.2) is 66.7 Å². The minimum atomic E-state index is -0.682. The van der Waals surface area contributed by atoms with E-state index in [1.807, 2.05) is 30.3 Å². The first-order valence-corrected chi connectivity index (χ1v) is 10.7. The van der Waals surface area contributed by atoms with Crippen LogP contribution in [0.5, 0.6) is 0 Å². The van der Waals surface area contributed by atoms with Gasteiger partial charge in [0, 0.05) is 17.5 Å². The normalized spacial score (nSPS) is 17.5. The molecule has 33 heavy (non-hydrogen) atoms. The maximum atomic E-state index is 14.5. The van der Waals surface area contributed by atoms with Gasteiger partial charge in [-0.1, -0.05) is 30.3 Å². The summed E-state index contributed by atoms with van der Waals surface area (Å²) in [7, 11) is 0. The minimum absolute atomic E-state index is 0.0283. The maximum absolute atomic E-state index is 14.5. The van der Waals surface area contributed by atoms with Crippen molar-refractivity contribution in [2.75, 3.05) is 0 Å². The molecule has 2 N–H and O–H groups in total. The van der Waals surface area contributed by atoms with Gasteiger partial charge in [-0.2, -0.15) is 0 Å². The third kappa shape index (κ3) is 4.31. The highest BCUT2D eigenvalue weighted by atomic mass is 19.1. The number of amides is 1. The molecule has 3 aromatic carbocycles. The Labute approximate surface area is 188 Å². The molecule has 0 aliphatic heterocycles. The van der Waals surface area contributed by atoms with Gasteiger partial charge in [-0.15, -0.1) is 0 Å². The molecule has 1 amide bonds. The van der Waals surface area contributed by atoms with Crippen LogP contribution >= 0.6 is 0 Å². The number of H-pyrrole nitrogens is 1. The van der Waals surface area contributed by atoms with Crippen LogP contribution in [0.1, 0.15) is 29.9 Å². The third-order valence-electron chi connectivity index (χ3n) is 6.08. The van der Waals surface area contributed by atoms with Crippen LogP contribution in [0.3, 0.4) is 0 Å². The zero-order valence-electron chi connectivity index (χ0n) is 17.6. The van der Waals surface area contributed by atoms with Crippen molar-refractivity contribution in [1.29, 1.82) is 0 Å². The fraction of sp³-hybridized carbons (Fsp3) is 0.192. The molecule has 1 heterocycles. The number of rotatable bonds is 5. The summed E-state index contributed by atoms with van der Waals surface area (Å²) in [6, 6.07) is 17.3. The molecule has 1 saturated carbocycles. The number of nitrogens with one attached hydrogen (secondary N) is 2. The van der Waals surface area contributed by atoms with E-state index in [0.29, 0.717) is 29.5 Å². The predicted octanol–water partition coefficient (Wildman–Crippen LogP) is 6.42. The van der Waals surface area contributed by atoms with Crippen molar-refractivity contribution in [3.63, 3.8) is 0 Å². The molecule has 1 aromatic heterocycles. The average Bonchev–Trinajstić information content (AvgIpc) is 3.15. The topological polar surface area (TPSA) is 54.1 Å². The lowest BCUT2D eigenvalue weighted by atomic mass is 9.74. The number of ether oxygens (including phenoxy) is 1. The van der Waals surface area contributed by atoms with Crippen molar-refractivity contribution in [3.8, 4) is 11.3 Å². The Bertz CT molecular complexity index is 1300. The molecule has 0 unspecified atom stereocenters. The summed E-state index contributed by atoms with van der Waals surface area (Å²) < 4.78 is 47.2. The van der Waals surface area contributed by atoms with Gasteiger partial charge in [0.2, 0.25) is 0 Å². The van der Waals surface area contributed by atoms with E-state index in [1.165, 1.54) is 18.2 Å². The number of fused-ring (bicyclic) bond motifs is 1. The molecule has 0 atom stereocenters. The zero-order valence-corrected chi connectivity index (χ0v) is 17.6. The Morgan fingerprint density at radius 2 is 1.70 bits per heavy atom. The lowest BCUT2D eigenvalue weighted by Gasteiger charge is -2.36. The lowest BCUT2D eigenvalue weighted by molar-refractivity contribution is 0.128. The Kier molecular flexibility index (Phi) is 5.54. The van der Waals surface area contributed by atoms with E-state index in [9.17, 15) is 18.0 Å². The quantitative estimate of drug-likeness (QED) is 0.368. The molecular formula is C26H21F3N2O2. The fourth-order valence-electron chi connectivity index (χ4n) is 4.41. The average molecular weight is 450 g/mol. The van der Waals surface area contributed by atoms with Gasteiger partial charge in [0.1, 0.15) is 24.1 Å². The molecule has 5 rings (SSSR count). The third-order valence-corrected chi connectivity index (χ3v) is 6.08. The molecule has 0 radical (unpaired) electrons. The molecule has 4 nitrogen and oxygen atoms in total.